The Morgan fingerprint density at radius 3 is 2.78 bits per heavy atom. The predicted octanol–water partition coefficient (Wildman–Crippen LogP) is -0.495. The zero-order chi connectivity index (χ0) is 6.85. The third-order valence-corrected chi connectivity index (χ3v) is 0.825. The fourth-order valence-electron chi connectivity index (χ4n) is 0.446. The summed E-state index contributed by atoms with van der Waals surface area (Å²) in [5, 5.41) is 9.28. The smallest absolute Gasteiger partial charge is 0.265 e. The molecular formula is C3H4N4O2. The summed E-state index contributed by atoms with van der Waals surface area (Å²) in [6.45, 7) is 0. The van der Waals surface area contributed by atoms with Crippen molar-refractivity contribution in [2.75, 3.05) is 5.73 Å². The highest BCUT2D eigenvalue weighted by Crippen LogP contribution is 1.94. The van der Waals surface area contributed by atoms with Gasteiger partial charge in [0.2, 0.25) is 0 Å². The molecule has 1 aromatic heterocycles. The molecule has 0 aromatic carbocycles. The summed E-state index contributed by atoms with van der Waals surface area (Å²) in [6.07, 6.45) is 2.44. The number of nitro groups is 1. The van der Waals surface area contributed by atoms with Crippen molar-refractivity contribution >= 4 is 5.95 Å². The van der Waals surface area contributed by atoms with E-state index in [4.69, 9.17) is 5.73 Å². The van der Waals surface area contributed by atoms with E-state index in [1.807, 2.05) is 0 Å². The van der Waals surface area contributed by atoms with Crippen molar-refractivity contribution < 1.29 is 5.03 Å². The molecule has 0 atom stereocenters. The van der Waals surface area contributed by atoms with Crippen LogP contribution in [0.1, 0.15) is 0 Å². The van der Waals surface area contributed by atoms with Gasteiger partial charge in [-0.25, -0.2) is 15.1 Å². The minimum atomic E-state index is -0.650. The van der Waals surface area contributed by atoms with Crippen molar-refractivity contribution in [3.63, 3.8) is 0 Å². The molecule has 48 valence electrons. The largest absolute Gasteiger partial charge is 0.365 e. The van der Waals surface area contributed by atoms with Crippen LogP contribution in [0.15, 0.2) is 12.4 Å². The number of hydrogen-bond donors (Lipinski definition) is 1. The standard InChI is InChI=1S/C3H4N4O2/c4-3-5-1-2-6(3)7(8)9/h1-2H,(H2,4,5). The SMILES string of the molecule is Nc1nccn1[N+](=O)[O-]. The first-order valence-corrected chi connectivity index (χ1v) is 2.15. The molecule has 0 saturated heterocycles. The number of hydrogen-bond acceptors (Lipinski definition) is 4. The van der Waals surface area contributed by atoms with Gasteiger partial charge in [0.1, 0.15) is 0 Å². The van der Waals surface area contributed by atoms with Crippen molar-refractivity contribution in [1.29, 1.82) is 0 Å². The van der Waals surface area contributed by atoms with E-state index in [2.05, 4.69) is 4.98 Å². The number of rotatable bonds is 1. The molecule has 1 rings (SSSR count). The van der Waals surface area contributed by atoms with Gasteiger partial charge < -0.3 is 5.73 Å². The fraction of sp³-hybridized carbons (Fsp3) is 0. The Bertz CT molecular complexity index is 229. The lowest BCUT2D eigenvalue weighted by Gasteiger charge is -1.87. The van der Waals surface area contributed by atoms with Gasteiger partial charge in [-0.2, -0.15) is 0 Å². The van der Waals surface area contributed by atoms with E-state index in [-0.39, 0.29) is 5.95 Å². The first kappa shape index (κ1) is 5.54. The molecule has 0 fully saturated rings. The molecule has 0 bridgehead atoms. The van der Waals surface area contributed by atoms with E-state index in [1.165, 1.54) is 12.4 Å². The first-order chi connectivity index (χ1) is 4.22. The number of nitrogen functional groups attached to an aromatic ring is 1. The zero-order valence-corrected chi connectivity index (χ0v) is 4.39. The molecule has 0 aliphatic carbocycles. The number of imidazole rings is 1. The Morgan fingerprint density at radius 2 is 2.56 bits per heavy atom. The van der Waals surface area contributed by atoms with Crippen LogP contribution in [0.4, 0.5) is 5.95 Å². The van der Waals surface area contributed by atoms with Crippen LogP contribution in [0, 0.1) is 10.1 Å². The Hall–Kier alpha value is -1.59. The third-order valence-electron chi connectivity index (χ3n) is 0.825. The lowest BCUT2D eigenvalue weighted by molar-refractivity contribution is -0.539. The molecule has 1 aromatic rings. The maximum atomic E-state index is 9.93. The molecule has 0 spiro atoms. The first-order valence-electron chi connectivity index (χ1n) is 2.15. The highest BCUT2D eigenvalue weighted by atomic mass is 16.7. The molecule has 0 saturated carbocycles. The number of aromatic nitrogens is 2. The lowest BCUT2D eigenvalue weighted by Crippen LogP contribution is -2.10. The van der Waals surface area contributed by atoms with Gasteiger partial charge in [-0.1, -0.05) is 0 Å². The van der Waals surface area contributed by atoms with Crippen molar-refractivity contribution in [1.82, 2.24) is 9.66 Å². The van der Waals surface area contributed by atoms with Gasteiger partial charge in [0.15, 0.2) is 5.03 Å². The van der Waals surface area contributed by atoms with Crippen LogP contribution < -0.4 is 5.73 Å². The summed E-state index contributed by atoms with van der Waals surface area (Å²) in [5.74, 6) is -0.111. The van der Waals surface area contributed by atoms with Gasteiger partial charge in [0.05, 0.1) is 12.4 Å². The summed E-state index contributed by atoms with van der Waals surface area (Å²) < 4.78 is 0.639. The van der Waals surface area contributed by atoms with Gasteiger partial charge in [0.25, 0.3) is 5.95 Å². The fourth-order valence-corrected chi connectivity index (χ4v) is 0.446. The van der Waals surface area contributed by atoms with Gasteiger partial charge in [-0.3, -0.25) is 0 Å². The van der Waals surface area contributed by atoms with Gasteiger partial charge in [-0.15, -0.1) is 0 Å². The molecule has 0 unspecified atom stereocenters. The lowest BCUT2D eigenvalue weighted by atomic mass is 11.0. The highest BCUT2D eigenvalue weighted by Gasteiger charge is 2.04. The maximum absolute atomic E-state index is 9.93. The molecule has 9 heavy (non-hydrogen) atoms. The monoisotopic (exact) mass is 128 g/mol. The Morgan fingerprint density at radius 1 is 1.89 bits per heavy atom. The minimum Gasteiger partial charge on any atom is -0.365 e. The number of nitrogens with two attached hydrogens (primary N) is 1. The topological polar surface area (TPSA) is 87.0 Å². The molecular weight excluding hydrogens is 124 g/mol. The Kier molecular flexibility index (Phi) is 1.07. The summed E-state index contributed by atoms with van der Waals surface area (Å²) in [6, 6.07) is 0. The quantitative estimate of drug-likeness (QED) is 0.408. The molecule has 6 nitrogen and oxygen atoms in total. The van der Waals surface area contributed by atoms with Crippen LogP contribution in [0.2, 0.25) is 0 Å². The van der Waals surface area contributed by atoms with Crippen LogP contribution in [-0.2, 0) is 0 Å². The van der Waals surface area contributed by atoms with E-state index < -0.39 is 5.03 Å². The highest BCUT2D eigenvalue weighted by molar-refractivity contribution is 5.14. The minimum absolute atomic E-state index is 0.111. The summed E-state index contributed by atoms with van der Waals surface area (Å²) in [5.41, 5.74) is 5.05. The second kappa shape index (κ2) is 1.73. The second-order valence-electron chi connectivity index (χ2n) is 1.37. The van der Waals surface area contributed by atoms with Crippen molar-refractivity contribution in [2.45, 2.75) is 0 Å². The average molecular weight is 128 g/mol. The van der Waals surface area contributed by atoms with E-state index >= 15 is 0 Å². The van der Waals surface area contributed by atoms with Crippen molar-refractivity contribution in [3.05, 3.63) is 22.5 Å². The number of nitrogens with zero attached hydrogens (tertiary/aromatic N) is 3. The molecule has 2 N–H and O–H groups in total. The van der Waals surface area contributed by atoms with Crippen molar-refractivity contribution in [3.8, 4) is 0 Å². The predicted molar refractivity (Wildman–Crippen MR) is 29.0 cm³/mol. The van der Waals surface area contributed by atoms with E-state index in [0.717, 1.165) is 0 Å². The second-order valence-corrected chi connectivity index (χ2v) is 1.37. The van der Waals surface area contributed by atoms with Gasteiger partial charge in [0, 0.05) is 0 Å². The Labute approximate surface area is 50.0 Å². The average Bonchev–Trinajstić information content (AvgIpc) is 2.13. The van der Waals surface area contributed by atoms with Crippen molar-refractivity contribution in [2.24, 2.45) is 0 Å². The van der Waals surface area contributed by atoms with E-state index in [1.54, 1.807) is 0 Å². The van der Waals surface area contributed by atoms with Crippen LogP contribution in [0.5, 0.6) is 0 Å². The van der Waals surface area contributed by atoms with Crippen LogP contribution >= 0.6 is 0 Å². The summed E-state index contributed by atoms with van der Waals surface area (Å²) in [4.78, 5) is 13.4. The normalized spacial score (nSPS) is 9.33. The maximum Gasteiger partial charge on any atom is 0.265 e. The van der Waals surface area contributed by atoms with Gasteiger partial charge in [-0.05, 0) is 4.68 Å². The molecule has 6 heteroatoms. The molecule has 0 aliphatic heterocycles. The van der Waals surface area contributed by atoms with E-state index in [9.17, 15) is 10.1 Å². The Balaban J connectivity index is 3.08. The van der Waals surface area contributed by atoms with Gasteiger partial charge >= 0.3 is 0 Å². The molecule has 1 heterocycles. The third kappa shape index (κ3) is 0.809. The van der Waals surface area contributed by atoms with E-state index in [0.29, 0.717) is 4.68 Å². The summed E-state index contributed by atoms with van der Waals surface area (Å²) in [7, 11) is 0. The van der Waals surface area contributed by atoms with Crippen LogP contribution in [0.25, 0.3) is 0 Å². The molecule has 0 amide bonds. The zero-order valence-electron chi connectivity index (χ0n) is 4.39. The molecule has 0 radical (unpaired) electrons. The number of anilines is 1. The van der Waals surface area contributed by atoms with Crippen LogP contribution in [0.3, 0.4) is 0 Å². The molecule has 0 aliphatic rings. The van der Waals surface area contributed by atoms with Crippen LogP contribution in [-0.4, -0.2) is 14.7 Å². The summed E-state index contributed by atoms with van der Waals surface area (Å²) >= 11 is 0.